The second-order valence-corrected chi connectivity index (χ2v) is 8.68. The van der Waals surface area contributed by atoms with Gasteiger partial charge in [-0.25, -0.2) is 0 Å². The van der Waals surface area contributed by atoms with Crippen molar-refractivity contribution in [1.82, 2.24) is 14.8 Å². The molecular formula is C23H20ClN3O2S. The van der Waals surface area contributed by atoms with E-state index in [0.29, 0.717) is 26.2 Å². The molecule has 152 valence electrons. The van der Waals surface area contributed by atoms with Crippen LogP contribution in [0.2, 0.25) is 4.34 Å². The van der Waals surface area contributed by atoms with Crippen LogP contribution < -0.4 is 0 Å². The van der Waals surface area contributed by atoms with Gasteiger partial charge in [0.15, 0.2) is 0 Å². The quantitative estimate of drug-likeness (QED) is 0.539. The number of thiophene rings is 1. The van der Waals surface area contributed by atoms with E-state index in [1.807, 2.05) is 66.7 Å². The van der Waals surface area contributed by atoms with E-state index >= 15 is 0 Å². The van der Waals surface area contributed by atoms with Gasteiger partial charge in [0.2, 0.25) is 0 Å². The van der Waals surface area contributed by atoms with Gasteiger partial charge in [0.05, 0.1) is 10.0 Å². The molecule has 0 radical (unpaired) electrons. The molecule has 30 heavy (non-hydrogen) atoms. The number of carbonyl (C=O) groups excluding carboxylic acids is 2. The van der Waals surface area contributed by atoms with Gasteiger partial charge >= 0.3 is 11.8 Å². The summed E-state index contributed by atoms with van der Waals surface area (Å²) >= 11 is 7.39. The third-order valence-electron chi connectivity index (χ3n) is 4.89. The molecule has 0 aliphatic carbocycles. The number of halogens is 1. The summed E-state index contributed by atoms with van der Waals surface area (Å²) in [7, 11) is 0. The predicted octanol–water partition coefficient (Wildman–Crippen LogP) is 4.35. The van der Waals surface area contributed by atoms with Crippen LogP contribution in [0.3, 0.4) is 0 Å². The lowest BCUT2D eigenvalue weighted by atomic mass is 10.1. The van der Waals surface area contributed by atoms with Crippen LogP contribution >= 0.6 is 22.9 Å². The minimum atomic E-state index is -0.458. The van der Waals surface area contributed by atoms with Crippen LogP contribution in [0.25, 0.3) is 17.3 Å². The molecule has 0 atom stereocenters. The molecule has 3 aromatic rings. The van der Waals surface area contributed by atoms with Gasteiger partial charge in [0.1, 0.15) is 0 Å². The Morgan fingerprint density at radius 2 is 1.73 bits per heavy atom. The summed E-state index contributed by atoms with van der Waals surface area (Å²) in [6, 6.07) is 17.5. The number of nitrogens with zero attached hydrogens (tertiary/aromatic N) is 3. The number of rotatable bonds is 6. The summed E-state index contributed by atoms with van der Waals surface area (Å²) in [5.41, 5.74) is 2.91. The number of hydrogen-bond acceptors (Lipinski definition) is 4. The van der Waals surface area contributed by atoms with E-state index in [1.54, 1.807) is 16.0 Å². The number of aromatic nitrogens is 1. The van der Waals surface area contributed by atoms with Gasteiger partial charge in [-0.2, -0.15) is 0 Å². The maximum atomic E-state index is 12.6. The van der Waals surface area contributed by atoms with E-state index in [9.17, 15) is 9.59 Å². The van der Waals surface area contributed by atoms with Crippen molar-refractivity contribution in [1.29, 1.82) is 0 Å². The summed E-state index contributed by atoms with van der Waals surface area (Å²) < 4.78 is 0.725. The summed E-state index contributed by atoms with van der Waals surface area (Å²) in [5, 5.41) is 0. The maximum Gasteiger partial charge on any atom is 0.312 e. The number of amides is 2. The van der Waals surface area contributed by atoms with Crippen LogP contribution in [0.15, 0.2) is 66.9 Å². The smallest absolute Gasteiger partial charge is 0.312 e. The van der Waals surface area contributed by atoms with Gasteiger partial charge in [0, 0.05) is 42.8 Å². The lowest BCUT2D eigenvalue weighted by Gasteiger charge is -2.33. The van der Waals surface area contributed by atoms with Crippen molar-refractivity contribution in [3.05, 3.63) is 81.6 Å². The molecule has 0 N–H and O–H groups in total. The fraction of sp³-hybridized carbons (Fsp3) is 0.174. The molecule has 0 unspecified atom stereocenters. The molecule has 5 nitrogen and oxygen atoms in total. The number of hydrogen-bond donors (Lipinski definition) is 0. The first-order valence-corrected chi connectivity index (χ1v) is 10.8. The van der Waals surface area contributed by atoms with E-state index < -0.39 is 11.8 Å². The zero-order chi connectivity index (χ0) is 20.9. The van der Waals surface area contributed by atoms with Gasteiger partial charge in [-0.05, 0) is 35.9 Å². The Morgan fingerprint density at radius 3 is 2.43 bits per heavy atom. The Hall–Kier alpha value is -2.96. The maximum absolute atomic E-state index is 12.6. The first-order valence-electron chi connectivity index (χ1n) is 9.60. The third kappa shape index (κ3) is 4.78. The summed E-state index contributed by atoms with van der Waals surface area (Å²) in [6.07, 6.45) is 5.57. The van der Waals surface area contributed by atoms with Crippen LogP contribution in [0, 0.1) is 0 Å². The zero-order valence-corrected chi connectivity index (χ0v) is 17.8. The molecule has 4 rings (SSSR count). The molecule has 2 aromatic heterocycles. The molecule has 1 fully saturated rings. The number of piperazine rings is 1. The molecule has 0 saturated carbocycles. The fourth-order valence-corrected chi connectivity index (χ4v) is 4.28. The van der Waals surface area contributed by atoms with Crippen molar-refractivity contribution in [2.24, 2.45) is 0 Å². The van der Waals surface area contributed by atoms with Gasteiger partial charge < -0.3 is 9.80 Å². The van der Waals surface area contributed by atoms with E-state index in [1.165, 1.54) is 11.3 Å². The van der Waals surface area contributed by atoms with E-state index in [-0.39, 0.29) is 0 Å². The molecule has 1 aliphatic heterocycles. The van der Waals surface area contributed by atoms with E-state index in [4.69, 9.17) is 11.6 Å². The third-order valence-corrected chi connectivity index (χ3v) is 6.08. The highest BCUT2D eigenvalue weighted by Gasteiger charge is 2.31. The first-order chi connectivity index (χ1) is 14.6. The molecule has 0 bridgehead atoms. The highest BCUT2D eigenvalue weighted by molar-refractivity contribution is 7.16. The zero-order valence-electron chi connectivity index (χ0n) is 16.2. The number of benzene rings is 1. The fourth-order valence-electron chi connectivity index (χ4n) is 3.29. The summed E-state index contributed by atoms with van der Waals surface area (Å²) in [4.78, 5) is 33.6. The highest BCUT2D eigenvalue weighted by Crippen LogP contribution is 2.22. The molecule has 0 spiro atoms. The van der Waals surface area contributed by atoms with Crippen LogP contribution in [0.1, 0.15) is 10.4 Å². The number of carbonyl (C=O) groups is 2. The van der Waals surface area contributed by atoms with Crippen LogP contribution in [-0.4, -0.2) is 46.2 Å². The van der Waals surface area contributed by atoms with Gasteiger partial charge in [-0.15, -0.1) is 11.3 Å². The Balaban J connectivity index is 1.34. The second-order valence-electron chi connectivity index (χ2n) is 6.93. The van der Waals surface area contributed by atoms with Crippen molar-refractivity contribution in [3.8, 4) is 11.3 Å². The molecule has 1 saturated heterocycles. The predicted molar refractivity (Wildman–Crippen MR) is 120 cm³/mol. The van der Waals surface area contributed by atoms with Crippen LogP contribution in [0.4, 0.5) is 0 Å². The average molecular weight is 438 g/mol. The topological polar surface area (TPSA) is 53.5 Å². The van der Waals surface area contributed by atoms with E-state index in [2.05, 4.69) is 4.98 Å². The second kappa shape index (κ2) is 9.24. The lowest BCUT2D eigenvalue weighted by Crippen LogP contribution is -2.53. The Bertz CT molecular complexity index is 1060. The minimum absolute atomic E-state index is 0.409. The Morgan fingerprint density at radius 1 is 0.967 bits per heavy atom. The SMILES string of the molecule is O=C1C(=O)N(Cc2ccc(-c3ccccn3)cc2)CCN1C/C=C/c1ccc(Cl)s1. The van der Waals surface area contributed by atoms with Gasteiger partial charge in [-0.1, -0.05) is 48.0 Å². The van der Waals surface area contributed by atoms with Crippen molar-refractivity contribution in [2.45, 2.75) is 6.54 Å². The number of pyridine rings is 1. The first kappa shape index (κ1) is 20.3. The summed E-state index contributed by atoms with van der Waals surface area (Å²) in [5.74, 6) is -0.914. The molecule has 2 amide bonds. The monoisotopic (exact) mass is 437 g/mol. The Kier molecular flexibility index (Phi) is 6.26. The highest BCUT2D eigenvalue weighted by atomic mass is 35.5. The van der Waals surface area contributed by atoms with Crippen molar-refractivity contribution >= 4 is 40.8 Å². The lowest BCUT2D eigenvalue weighted by molar-refractivity contribution is -0.156. The minimum Gasteiger partial charge on any atom is -0.329 e. The van der Waals surface area contributed by atoms with Crippen molar-refractivity contribution in [3.63, 3.8) is 0 Å². The largest absolute Gasteiger partial charge is 0.329 e. The van der Waals surface area contributed by atoms with Gasteiger partial charge in [-0.3, -0.25) is 14.6 Å². The standard InChI is InChI=1S/C23H20ClN3O2S/c24-21-11-10-19(30-21)4-3-13-26-14-15-27(23(29)22(26)28)16-17-6-8-18(9-7-17)20-5-1-2-12-25-20/h1-12H,13-16H2/b4-3+. The summed E-state index contributed by atoms with van der Waals surface area (Å²) in [6.45, 7) is 1.87. The molecule has 1 aromatic carbocycles. The molecule has 3 heterocycles. The van der Waals surface area contributed by atoms with E-state index in [0.717, 1.165) is 26.0 Å². The molecule has 7 heteroatoms. The average Bonchev–Trinajstić information content (AvgIpc) is 3.19. The normalized spacial score (nSPS) is 14.7. The van der Waals surface area contributed by atoms with Gasteiger partial charge in [0.25, 0.3) is 0 Å². The molecule has 1 aliphatic rings. The van der Waals surface area contributed by atoms with Crippen molar-refractivity contribution < 1.29 is 9.59 Å². The van der Waals surface area contributed by atoms with Crippen LogP contribution in [0.5, 0.6) is 0 Å². The van der Waals surface area contributed by atoms with Crippen molar-refractivity contribution in [2.75, 3.05) is 19.6 Å². The molecular weight excluding hydrogens is 418 g/mol. The van der Waals surface area contributed by atoms with Crippen LogP contribution in [-0.2, 0) is 16.1 Å². The Labute approximate surface area is 184 Å².